The van der Waals surface area contributed by atoms with E-state index in [1.165, 1.54) is 4.90 Å². The number of nitrogens with two attached hydrogens (primary N) is 1. The number of carboxylic acid groups (broad SMARTS) is 1. The van der Waals surface area contributed by atoms with Gasteiger partial charge in [0.25, 0.3) is 0 Å². The summed E-state index contributed by atoms with van der Waals surface area (Å²) in [5.41, 5.74) is 5.88. The Hall–Kier alpha value is -2.04. The molecule has 1 aromatic carbocycles. The molecule has 108 valence electrons. The highest BCUT2D eigenvalue weighted by Crippen LogP contribution is 2.49. The molecule has 1 aromatic rings. The van der Waals surface area contributed by atoms with Gasteiger partial charge in [-0.15, -0.1) is 0 Å². The summed E-state index contributed by atoms with van der Waals surface area (Å²) < 4.78 is 0. The Labute approximate surface area is 118 Å². The molecule has 2 atom stereocenters. The summed E-state index contributed by atoms with van der Waals surface area (Å²) in [4.78, 5) is 24.3. The second kappa shape index (κ2) is 5.15. The van der Waals surface area contributed by atoms with Crippen LogP contribution in [0.15, 0.2) is 30.3 Å². The van der Waals surface area contributed by atoms with Crippen LogP contribution >= 0.6 is 0 Å². The van der Waals surface area contributed by atoms with E-state index in [1.54, 1.807) is 0 Å². The van der Waals surface area contributed by atoms with Gasteiger partial charge in [0, 0.05) is 18.5 Å². The molecule has 2 amide bonds. The number of primary amides is 1. The third-order valence-electron chi connectivity index (χ3n) is 4.38. The Bertz CT molecular complexity index is 513. The van der Waals surface area contributed by atoms with Crippen molar-refractivity contribution in [2.75, 3.05) is 0 Å². The predicted octanol–water partition coefficient (Wildman–Crippen LogP) is 2.07. The summed E-state index contributed by atoms with van der Waals surface area (Å²) >= 11 is 0. The van der Waals surface area contributed by atoms with Crippen molar-refractivity contribution in [2.24, 2.45) is 17.1 Å². The smallest absolute Gasteiger partial charge is 0.407 e. The van der Waals surface area contributed by atoms with Crippen LogP contribution in [-0.2, 0) is 11.3 Å². The van der Waals surface area contributed by atoms with Crippen LogP contribution in [0.5, 0.6) is 0 Å². The number of nitrogens with zero attached hydrogens (tertiary/aromatic N) is 1. The number of carbonyl (C=O) groups excluding carboxylic acids is 1. The number of hydrogen-bond donors (Lipinski definition) is 2. The number of benzene rings is 1. The molecular weight excluding hydrogens is 256 g/mol. The van der Waals surface area contributed by atoms with Crippen molar-refractivity contribution < 1.29 is 14.7 Å². The minimum absolute atomic E-state index is 0.183. The molecule has 0 aromatic heterocycles. The van der Waals surface area contributed by atoms with E-state index in [4.69, 9.17) is 5.73 Å². The van der Waals surface area contributed by atoms with Crippen LogP contribution in [0, 0.1) is 11.3 Å². The van der Waals surface area contributed by atoms with Gasteiger partial charge < -0.3 is 15.7 Å². The van der Waals surface area contributed by atoms with Crippen LogP contribution in [0.4, 0.5) is 4.79 Å². The van der Waals surface area contributed by atoms with E-state index in [1.807, 2.05) is 44.2 Å². The lowest BCUT2D eigenvalue weighted by Gasteiger charge is -2.54. The summed E-state index contributed by atoms with van der Waals surface area (Å²) in [7, 11) is 0. The first kappa shape index (κ1) is 14.4. The molecule has 0 spiro atoms. The Balaban J connectivity index is 2.15. The molecule has 1 fully saturated rings. The second-order valence-electron chi connectivity index (χ2n) is 5.92. The van der Waals surface area contributed by atoms with Crippen LogP contribution in [0.3, 0.4) is 0 Å². The molecule has 3 N–H and O–H groups in total. The molecule has 1 saturated carbocycles. The Morgan fingerprint density at radius 3 is 2.40 bits per heavy atom. The molecule has 1 aliphatic carbocycles. The first-order chi connectivity index (χ1) is 9.34. The third kappa shape index (κ3) is 2.48. The van der Waals surface area contributed by atoms with Gasteiger partial charge in [-0.3, -0.25) is 4.79 Å². The lowest BCUT2D eigenvalue weighted by Crippen LogP contribution is -2.62. The maximum absolute atomic E-state index is 11.5. The quantitative estimate of drug-likeness (QED) is 0.883. The monoisotopic (exact) mass is 276 g/mol. The fourth-order valence-corrected chi connectivity index (χ4v) is 3.01. The van der Waals surface area contributed by atoms with Crippen molar-refractivity contribution in [1.29, 1.82) is 0 Å². The lowest BCUT2D eigenvalue weighted by atomic mass is 9.57. The standard InChI is InChI=1S/C15H20N2O3/c1-15(2)11(13(16)18)8-12(15)17(14(19)20)9-10-6-4-3-5-7-10/h3-7,11-12H,8-9H2,1-2H3,(H2,16,18)(H,19,20)/t11-,12-/m1/s1. The highest BCUT2D eigenvalue weighted by atomic mass is 16.4. The molecule has 1 aliphatic rings. The van der Waals surface area contributed by atoms with Crippen molar-refractivity contribution in [2.45, 2.75) is 32.9 Å². The van der Waals surface area contributed by atoms with Gasteiger partial charge in [-0.05, 0) is 17.4 Å². The van der Waals surface area contributed by atoms with Crippen LogP contribution in [0.2, 0.25) is 0 Å². The highest BCUT2D eigenvalue weighted by molar-refractivity contribution is 5.79. The zero-order valence-electron chi connectivity index (χ0n) is 11.7. The number of rotatable bonds is 4. The molecule has 0 heterocycles. The van der Waals surface area contributed by atoms with E-state index >= 15 is 0 Å². The normalized spacial score (nSPS) is 23.7. The molecule has 20 heavy (non-hydrogen) atoms. The number of carbonyl (C=O) groups is 2. The molecular formula is C15H20N2O3. The van der Waals surface area contributed by atoms with Crippen LogP contribution in [0.25, 0.3) is 0 Å². The largest absolute Gasteiger partial charge is 0.465 e. The van der Waals surface area contributed by atoms with Gasteiger partial charge in [-0.25, -0.2) is 4.79 Å². The van der Waals surface area contributed by atoms with E-state index in [9.17, 15) is 14.7 Å². The van der Waals surface area contributed by atoms with Crippen molar-refractivity contribution in [3.8, 4) is 0 Å². The topological polar surface area (TPSA) is 83.6 Å². The van der Waals surface area contributed by atoms with Crippen LogP contribution in [0.1, 0.15) is 25.8 Å². The zero-order chi connectivity index (χ0) is 14.9. The van der Waals surface area contributed by atoms with Gasteiger partial charge in [0.15, 0.2) is 0 Å². The summed E-state index contributed by atoms with van der Waals surface area (Å²) in [6, 6.07) is 9.27. The minimum Gasteiger partial charge on any atom is -0.465 e. The second-order valence-corrected chi connectivity index (χ2v) is 5.92. The number of amides is 2. The van der Waals surface area contributed by atoms with E-state index < -0.39 is 11.5 Å². The third-order valence-corrected chi connectivity index (χ3v) is 4.38. The van der Waals surface area contributed by atoms with Crippen LogP contribution < -0.4 is 5.73 Å². The fraction of sp³-hybridized carbons (Fsp3) is 0.467. The van der Waals surface area contributed by atoms with Gasteiger partial charge in [0.1, 0.15) is 0 Å². The van der Waals surface area contributed by atoms with Crippen LogP contribution in [-0.4, -0.2) is 28.0 Å². The van der Waals surface area contributed by atoms with Gasteiger partial charge in [0.05, 0.1) is 0 Å². The Morgan fingerprint density at radius 2 is 1.95 bits per heavy atom. The van der Waals surface area contributed by atoms with Crippen molar-refractivity contribution in [3.05, 3.63) is 35.9 Å². The molecule has 0 bridgehead atoms. The molecule has 0 saturated heterocycles. The Kier molecular flexibility index (Phi) is 3.70. The molecule has 0 radical (unpaired) electrons. The van der Waals surface area contributed by atoms with E-state index in [0.717, 1.165) is 5.56 Å². The van der Waals surface area contributed by atoms with Gasteiger partial charge in [-0.2, -0.15) is 0 Å². The van der Waals surface area contributed by atoms with Crippen molar-refractivity contribution in [3.63, 3.8) is 0 Å². The van der Waals surface area contributed by atoms with Gasteiger partial charge in [-0.1, -0.05) is 44.2 Å². The minimum atomic E-state index is -0.963. The SMILES string of the molecule is CC1(C)[C@@H](C(N)=O)C[C@H]1N(Cc1ccccc1)C(=O)O. The lowest BCUT2D eigenvalue weighted by molar-refractivity contribution is -0.139. The fourth-order valence-electron chi connectivity index (χ4n) is 3.01. The first-order valence-electron chi connectivity index (χ1n) is 6.67. The molecule has 0 aliphatic heterocycles. The summed E-state index contributed by atoms with van der Waals surface area (Å²) in [5.74, 6) is -0.610. The summed E-state index contributed by atoms with van der Waals surface area (Å²) in [6.07, 6.45) is -0.462. The molecule has 5 nitrogen and oxygen atoms in total. The summed E-state index contributed by atoms with van der Waals surface area (Å²) in [6.45, 7) is 4.13. The van der Waals surface area contributed by atoms with E-state index in [2.05, 4.69) is 0 Å². The first-order valence-corrected chi connectivity index (χ1v) is 6.67. The highest BCUT2D eigenvalue weighted by Gasteiger charge is 2.54. The maximum Gasteiger partial charge on any atom is 0.407 e. The van der Waals surface area contributed by atoms with E-state index in [0.29, 0.717) is 13.0 Å². The molecule has 2 rings (SSSR count). The van der Waals surface area contributed by atoms with Gasteiger partial charge in [0.2, 0.25) is 5.91 Å². The maximum atomic E-state index is 11.5. The Morgan fingerprint density at radius 1 is 1.35 bits per heavy atom. The number of hydrogen-bond acceptors (Lipinski definition) is 2. The zero-order valence-corrected chi connectivity index (χ0v) is 11.7. The predicted molar refractivity (Wildman–Crippen MR) is 74.9 cm³/mol. The van der Waals surface area contributed by atoms with Crippen molar-refractivity contribution in [1.82, 2.24) is 4.90 Å². The van der Waals surface area contributed by atoms with Gasteiger partial charge >= 0.3 is 6.09 Å². The average Bonchev–Trinajstić information content (AvgIpc) is 2.37. The molecule has 0 unspecified atom stereocenters. The average molecular weight is 276 g/mol. The van der Waals surface area contributed by atoms with Crippen molar-refractivity contribution >= 4 is 12.0 Å². The van der Waals surface area contributed by atoms with E-state index in [-0.39, 0.29) is 17.9 Å². The molecule has 5 heteroatoms. The summed E-state index contributed by atoms with van der Waals surface area (Å²) in [5, 5.41) is 9.44.